The van der Waals surface area contributed by atoms with Crippen LogP contribution in [0.1, 0.15) is 0 Å². The maximum atomic E-state index is 10.7. The van der Waals surface area contributed by atoms with Gasteiger partial charge >= 0.3 is 59.1 Å². The number of ketones is 1. The van der Waals surface area contributed by atoms with Crippen LogP contribution in [0, 0.1) is 0 Å². The summed E-state index contributed by atoms with van der Waals surface area (Å²) in [7, 11) is -5.31. The summed E-state index contributed by atoms with van der Waals surface area (Å²) in [6.45, 7) is -2.16. The van der Waals surface area contributed by atoms with Gasteiger partial charge in [-0.1, -0.05) is 0 Å². The zero-order valence-electron chi connectivity index (χ0n) is 10.4. The summed E-state index contributed by atoms with van der Waals surface area (Å²) in [5.74, 6) is -1.17. The first-order valence-electron chi connectivity index (χ1n) is 4.03. The third-order valence-corrected chi connectivity index (χ3v) is 2.07. The van der Waals surface area contributed by atoms with Crippen LogP contribution >= 0.6 is 7.82 Å². The smallest absolute Gasteiger partial charge is 0.790 e. The summed E-state index contributed by atoms with van der Waals surface area (Å²) in [6.07, 6.45) is -6.12. The summed E-state index contributed by atoms with van der Waals surface area (Å²) >= 11 is 0. The molecular weight excluding hydrogens is 315 g/mol. The molecule has 3 atom stereocenters. The second-order valence-corrected chi connectivity index (χ2v) is 4.02. The Morgan fingerprint density at radius 3 is 1.95 bits per heavy atom. The van der Waals surface area contributed by atoms with Crippen molar-refractivity contribution in [3.05, 3.63) is 0 Å². The maximum Gasteiger partial charge on any atom is 1.00 e. The van der Waals surface area contributed by atoms with Gasteiger partial charge < -0.3 is 44.8 Å². The Bertz CT molecular complexity index is 283. The van der Waals surface area contributed by atoms with Crippen LogP contribution in [0.5, 0.6) is 0 Å². The van der Waals surface area contributed by atoms with Crippen LogP contribution in [0.15, 0.2) is 0 Å². The van der Waals surface area contributed by atoms with Crippen molar-refractivity contribution in [2.75, 3.05) is 13.2 Å². The Labute approximate surface area is 152 Å². The number of Topliss-reactive ketones (excluding diaryl/α,β-unsaturated/α-hetero) is 1. The van der Waals surface area contributed by atoms with Gasteiger partial charge in [-0.15, -0.1) is 0 Å². The van der Waals surface area contributed by atoms with E-state index in [4.69, 9.17) is 20.4 Å². The zero-order chi connectivity index (χ0) is 12.9. The fourth-order valence-electron chi connectivity index (χ4n) is 0.761. The molecule has 0 aliphatic heterocycles. The first-order valence-corrected chi connectivity index (χ1v) is 5.49. The predicted molar refractivity (Wildman–Crippen MR) is 47.3 cm³/mol. The monoisotopic (exact) mass is 328 g/mol. The Morgan fingerprint density at radius 1 is 1.21 bits per heavy atom. The molecule has 0 heterocycles. The zero-order valence-corrected chi connectivity index (χ0v) is 15.3. The molecule has 10 nitrogen and oxygen atoms in total. The Morgan fingerprint density at radius 2 is 1.63 bits per heavy atom. The molecule has 0 aromatic heterocycles. The van der Waals surface area contributed by atoms with E-state index in [0.717, 1.165) is 0 Å². The topological polar surface area (TPSA) is 202 Å². The molecule has 0 fully saturated rings. The first kappa shape index (κ1) is 28.7. The quantitative estimate of drug-likeness (QED) is 0.199. The van der Waals surface area contributed by atoms with E-state index in [1.807, 2.05) is 0 Å². The summed E-state index contributed by atoms with van der Waals surface area (Å²) in [5, 5.41) is 35.4. The molecule has 13 heteroatoms. The molecule has 0 rings (SSSR count). The van der Waals surface area contributed by atoms with Crippen LogP contribution in [0.25, 0.3) is 0 Å². The number of phosphoric acid groups is 1. The fourth-order valence-corrected chi connectivity index (χ4v) is 1.10. The molecule has 0 aromatic carbocycles. The largest absolute Gasteiger partial charge is 1.00 e. The van der Waals surface area contributed by atoms with Crippen LogP contribution in [0.4, 0.5) is 0 Å². The number of carbonyl (C=O) groups excluding carboxylic acids is 1. The van der Waals surface area contributed by atoms with Crippen LogP contribution in [0.2, 0.25) is 0 Å². The molecule has 0 amide bonds. The molecule has 0 bridgehead atoms. The minimum absolute atomic E-state index is 0. The second-order valence-electron chi connectivity index (χ2n) is 2.87. The SMILES string of the molecule is O.O=[13C]([13CH2]O)[13C@@H](O)[13C@H](O)[13C@H](O)[13CH2]OP(=O)([O-])[O-].[Na+].[Na+]. The van der Waals surface area contributed by atoms with Gasteiger partial charge in [-0.05, 0) is 0 Å². The molecule has 0 saturated heterocycles. The van der Waals surface area contributed by atoms with Gasteiger partial charge in [0.1, 0.15) is 24.9 Å². The molecule has 0 spiro atoms. The molecule has 6 N–H and O–H groups in total. The number of rotatable bonds is 7. The van der Waals surface area contributed by atoms with Gasteiger partial charge in [0.15, 0.2) is 5.78 Å². The molecule has 0 saturated carbocycles. The minimum Gasteiger partial charge on any atom is -0.790 e. The average molecular weight is 328 g/mol. The first-order chi connectivity index (χ1) is 7.19. The van der Waals surface area contributed by atoms with Crippen LogP contribution in [0.3, 0.4) is 0 Å². The average Bonchev–Trinajstić information content (AvgIpc) is 2.21. The number of hydrogen-bond donors (Lipinski definition) is 4. The van der Waals surface area contributed by atoms with Crippen LogP contribution in [-0.2, 0) is 13.9 Å². The van der Waals surface area contributed by atoms with Crippen molar-refractivity contribution in [2.24, 2.45) is 0 Å². The third kappa shape index (κ3) is 13.0. The van der Waals surface area contributed by atoms with E-state index >= 15 is 0 Å². The summed E-state index contributed by atoms with van der Waals surface area (Å²) in [6, 6.07) is 0. The van der Waals surface area contributed by atoms with Gasteiger partial charge in [-0.25, -0.2) is 0 Å². The molecule has 0 aliphatic rings. The standard InChI is InChI=1S/C6H13O9P.2Na.H2O/c7-1-3(8)5(10)6(11)4(9)2-15-16(12,13)14;;;/h4-7,9-11H,1-2H2,(H2,12,13,14);;;1H2/q;2*+1;/p-2/t4-,5-,6-;;;/m1.../s1/i1+1,2+1,3+1,4+1,5+1,6+1;;;. The summed E-state index contributed by atoms with van der Waals surface area (Å²) in [4.78, 5) is 30.7. The van der Waals surface area contributed by atoms with Crippen molar-refractivity contribution >= 4 is 13.6 Å². The van der Waals surface area contributed by atoms with E-state index in [2.05, 4.69) is 4.52 Å². The number of aliphatic hydroxyl groups is 4. The molecule has 0 aliphatic carbocycles. The maximum absolute atomic E-state index is 10.7. The number of carbonyl (C=O) groups is 1. The van der Waals surface area contributed by atoms with Gasteiger partial charge in [0.2, 0.25) is 0 Å². The van der Waals surface area contributed by atoms with Crippen LogP contribution in [-0.4, -0.2) is 63.2 Å². The molecule has 0 unspecified atom stereocenters. The van der Waals surface area contributed by atoms with E-state index in [1.54, 1.807) is 0 Å². The summed E-state index contributed by atoms with van der Waals surface area (Å²) in [5.41, 5.74) is 0. The van der Waals surface area contributed by atoms with E-state index in [1.165, 1.54) is 0 Å². The Balaban J connectivity index is -0.000000375. The molecular formula is C6H13Na2O10P. The number of phosphoric ester groups is 1. The van der Waals surface area contributed by atoms with Crippen molar-refractivity contribution in [1.29, 1.82) is 0 Å². The van der Waals surface area contributed by atoms with E-state index in [-0.39, 0.29) is 64.6 Å². The normalized spacial score (nSPS) is 15.1. The van der Waals surface area contributed by atoms with Crippen LogP contribution < -0.4 is 68.9 Å². The van der Waals surface area contributed by atoms with Gasteiger partial charge in [0, 0.05) is 0 Å². The van der Waals surface area contributed by atoms with Crippen molar-refractivity contribution < 1.29 is 109 Å². The van der Waals surface area contributed by atoms with E-state index < -0.39 is 45.1 Å². The van der Waals surface area contributed by atoms with Crippen molar-refractivity contribution in [3.63, 3.8) is 0 Å². The molecule has 0 radical (unpaired) electrons. The number of aliphatic hydroxyl groups excluding tert-OH is 4. The van der Waals surface area contributed by atoms with Gasteiger partial charge in [-0.2, -0.15) is 0 Å². The third-order valence-electron chi connectivity index (χ3n) is 1.61. The van der Waals surface area contributed by atoms with Gasteiger partial charge in [0.05, 0.1) is 14.4 Å². The minimum atomic E-state index is -5.31. The summed E-state index contributed by atoms with van der Waals surface area (Å²) < 4.78 is 13.6. The van der Waals surface area contributed by atoms with Crippen molar-refractivity contribution in [3.8, 4) is 0 Å². The predicted octanol–water partition coefficient (Wildman–Crippen LogP) is -11.3. The van der Waals surface area contributed by atoms with Crippen molar-refractivity contribution in [2.45, 2.75) is 18.3 Å². The van der Waals surface area contributed by atoms with E-state index in [9.17, 15) is 19.1 Å². The van der Waals surface area contributed by atoms with Gasteiger partial charge in [-0.3, -0.25) is 4.79 Å². The fraction of sp³-hybridized carbons (Fsp3) is 0.833. The van der Waals surface area contributed by atoms with Crippen molar-refractivity contribution in [1.82, 2.24) is 0 Å². The van der Waals surface area contributed by atoms with Gasteiger partial charge in [0.25, 0.3) is 0 Å². The van der Waals surface area contributed by atoms with E-state index in [0.29, 0.717) is 0 Å². The Kier molecular flexibility index (Phi) is 20.0. The number of hydrogen-bond acceptors (Lipinski definition) is 9. The second kappa shape index (κ2) is 13.3. The molecule has 0 aromatic rings. The molecule has 104 valence electrons. The molecule has 19 heavy (non-hydrogen) atoms. The Hall–Kier alpha value is 1.58.